The molecule has 0 fully saturated rings. The van der Waals surface area contributed by atoms with E-state index in [1.165, 1.54) is 18.2 Å². The van der Waals surface area contributed by atoms with Crippen molar-refractivity contribution in [3.63, 3.8) is 0 Å². The van der Waals surface area contributed by atoms with E-state index in [0.717, 1.165) is 0 Å². The molecule has 1 amide bonds. The number of amides is 1. The molecule has 4 heteroatoms. The van der Waals surface area contributed by atoms with Gasteiger partial charge in [-0.2, -0.15) is 0 Å². The van der Waals surface area contributed by atoms with Crippen molar-refractivity contribution in [3.8, 4) is 11.8 Å². The summed E-state index contributed by atoms with van der Waals surface area (Å²) < 4.78 is 13.2. The van der Waals surface area contributed by atoms with Crippen LogP contribution in [0.15, 0.2) is 18.2 Å². The molecule has 102 valence electrons. The van der Waals surface area contributed by atoms with Gasteiger partial charge in [-0.3, -0.25) is 4.79 Å². The lowest BCUT2D eigenvalue weighted by atomic mass is 9.96. The van der Waals surface area contributed by atoms with Crippen molar-refractivity contribution in [2.45, 2.75) is 20.8 Å². The Balaban J connectivity index is 2.96. The molecule has 3 nitrogen and oxygen atoms in total. The number of carbonyl (C=O) groups is 1. The molecule has 0 aliphatic carbocycles. The van der Waals surface area contributed by atoms with Crippen LogP contribution in [0.4, 0.5) is 4.39 Å². The summed E-state index contributed by atoms with van der Waals surface area (Å²) in [5, 5.41) is 2.81. The van der Waals surface area contributed by atoms with E-state index in [9.17, 15) is 9.18 Å². The van der Waals surface area contributed by atoms with Crippen molar-refractivity contribution in [1.29, 1.82) is 0 Å². The number of halogens is 1. The van der Waals surface area contributed by atoms with E-state index < -0.39 is 5.82 Å². The first-order chi connectivity index (χ1) is 8.83. The Morgan fingerprint density at radius 3 is 2.68 bits per heavy atom. The van der Waals surface area contributed by atoms with Crippen LogP contribution in [0.25, 0.3) is 0 Å². The first kappa shape index (κ1) is 15.2. The van der Waals surface area contributed by atoms with Gasteiger partial charge in [0.25, 0.3) is 5.91 Å². The molecule has 0 heterocycles. The first-order valence-corrected chi connectivity index (χ1v) is 6.10. The molecule has 1 rings (SSSR count). The lowest BCUT2D eigenvalue weighted by molar-refractivity contribution is 0.0939. The van der Waals surface area contributed by atoms with Crippen molar-refractivity contribution in [2.24, 2.45) is 11.1 Å². The van der Waals surface area contributed by atoms with Crippen LogP contribution in [0.5, 0.6) is 0 Å². The molecule has 1 aromatic carbocycles. The maximum Gasteiger partial charge on any atom is 0.252 e. The van der Waals surface area contributed by atoms with Crippen LogP contribution in [-0.2, 0) is 0 Å². The van der Waals surface area contributed by atoms with Gasteiger partial charge in [0.15, 0.2) is 0 Å². The third kappa shape index (κ3) is 5.11. The van der Waals surface area contributed by atoms with Crippen LogP contribution in [0.3, 0.4) is 0 Å². The minimum absolute atomic E-state index is 0.0151. The van der Waals surface area contributed by atoms with Crippen LogP contribution in [-0.4, -0.2) is 19.0 Å². The Bertz CT molecular complexity index is 521. The van der Waals surface area contributed by atoms with Gasteiger partial charge in [0.2, 0.25) is 0 Å². The highest BCUT2D eigenvalue weighted by Crippen LogP contribution is 2.13. The molecule has 0 unspecified atom stereocenters. The molecule has 1 aromatic rings. The molecule has 19 heavy (non-hydrogen) atoms. The number of nitrogens with one attached hydrogen (secondary N) is 1. The number of nitrogens with two attached hydrogens (primary N) is 1. The molecule has 0 saturated carbocycles. The SMILES string of the molecule is CC(C)(C)CNC(=O)c1ccc(F)cc1C#CCN. The monoisotopic (exact) mass is 262 g/mol. The number of rotatable bonds is 2. The van der Waals surface area contributed by atoms with Gasteiger partial charge < -0.3 is 11.1 Å². The van der Waals surface area contributed by atoms with Gasteiger partial charge in [-0.05, 0) is 23.6 Å². The van der Waals surface area contributed by atoms with Crippen molar-refractivity contribution in [2.75, 3.05) is 13.1 Å². The Hall–Kier alpha value is -1.86. The van der Waals surface area contributed by atoms with Crippen LogP contribution in [0.2, 0.25) is 0 Å². The van der Waals surface area contributed by atoms with E-state index in [1.54, 1.807) is 0 Å². The largest absolute Gasteiger partial charge is 0.351 e. The highest BCUT2D eigenvalue weighted by atomic mass is 19.1. The summed E-state index contributed by atoms with van der Waals surface area (Å²) in [6, 6.07) is 3.93. The number of benzene rings is 1. The Labute approximate surface area is 113 Å². The van der Waals surface area contributed by atoms with E-state index in [4.69, 9.17) is 5.73 Å². The zero-order valence-electron chi connectivity index (χ0n) is 11.5. The van der Waals surface area contributed by atoms with Crippen molar-refractivity contribution in [1.82, 2.24) is 5.32 Å². The molecule has 0 aliphatic heterocycles. The molecule has 0 spiro atoms. The first-order valence-electron chi connectivity index (χ1n) is 6.10. The zero-order chi connectivity index (χ0) is 14.5. The molecule has 0 atom stereocenters. The fourth-order valence-corrected chi connectivity index (χ4v) is 1.40. The summed E-state index contributed by atoms with van der Waals surface area (Å²) >= 11 is 0. The van der Waals surface area contributed by atoms with Crippen LogP contribution in [0.1, 0.15) is 36.7 Å². The predicted octanol–water partition coefficient (Wildman–Crippen LogP) is 1.91. The maximum absolute atomic E-state index is 13.2. The molecule has 3 N–H and O–H groups in total. The Morgan fingerprint density at radius 1 is 1.42 bits per heavy atom. The van der Waals surface area contributed by atoms with Crippen molar-refractivity contribution < 1.29 is 9.18 Å². The van der Waals surface area contributed by atoms with Crippen molar-refractivity contribution in [3.05, 3.63) is 35.1 Å². The molecule has 0 saturated heterocycles. The second-order valence-corrected chi connectivity index (χ2v) is 5.44. The second kappa shape index (κ2) is 6.35. The van der Waals surface area contributed by atoms with Crippen molar-refractivity contribution >= 4 is 5.91 Å². The summed E-state index contributed by atoms with van der Waals surface area (Å²) in [5.74, 6) is 4.67. The molecule has 0 bridgehead atoms. The molecular formula is C15H19FN2O. The molecule has 0 aliphatic rings. The van der Waals surface area contributed by atoms with Crippen LogP contribution >= 0.6 is 0 Å². The van der Waals surface area contributed by atoms with Gasteiger partial charge in [0, 0.05) is 12.1 Å². The van der Waals surface area contributed by atoms with E-state index >= 15 is 0 Å². The maximum atomic E-state index is 13.2. The Kier molecular flexibility index (Phi) is 5.08. The standard InChI is InChI=1S/C15H19FN2O/c1-15(2,3)10-18-14(19)13-7-6-12(16)9-11(13)5-4-8-17/h6-7,9H,8,10,17H2,1-3H3,(H,18,19). The minimum atomic E-state index is -0.423. The summed E-state index contributed by atoms with van der Waals surface area (Å²) in [5.41, 5.74) is 6.00. The molecule has 0 aromatic heterocycles. The lowest BCUT2D eigenvalue weighted by Crippen LogP contribution is -2.32. The van der Waals surface area contributed by atoms with Gasteiger partial charge in [-0.1, -0.05) is 32.6 Å². The lowest BCUT2D eigenvalue weighted by Gasteiger charge is -2.19. The third-order valence-electron chi connectivity index (χ3n) is 2.33. The van der Waals surface area contributed by atoms with Gasteiger partial charge >= 0.3 is 0 Å². The van der Waals surface area contributed by atoms with E-state index in [2.05, 4.69) is 17.2 Å². The highest BCUT2D eigenvalue weighted by Gasteiger charge is 2.15. The summed E-state index contributed by atoms with van der Waals surface area (Å²) in [6.07, 6.45) is 0. The van der Waals surface area contributed by atoms with E-state index in [-0.39, 0.29) is 17.9 Å². The summed E-state index contributed by atoms with van der Waals surface area (Å²) in [7, 11) is 0. The van der Waals surface area contributed by atoms with Gasteiger partial charge in [0.05, 0.1) is 12.1 Å². The number of hydrogen-bond acceptors (Lipinski definition) is 2. The smallest absolute Gasteiger partial charge is 0.252 e. The number of hydrogen-bond donors (Lipinski definition) is 2. The van der Waals surface area contributed by atoms with Gasteiger partial charge in [-0.15, -0.1) is 0 Å². The van der Waals surface area contributed by atoms with Gasteiger partial charge in [-0.25, -0.2) is 4.39 Å². The van der Waals surface area contributed by atoms with E-state index in [0.29, 0.717) is 17.7 Å². The second-order valence-electron chi connectivity index (χ2n) is 5.44. The number of carbonyl (C=O) groups excluding carboxylic acids is 1. The third-order valence-corrected chi connectivity index (χ3v) is 2.33. The Morgan fingerprint density at radius 2 is 2.11 bits per heavy atom. The summed E-state index contributed by atoms with van der Waals surface area (Å²) in [6.45, 7) is 6.76. The molecular weight excluding hydrogens is 243 g/mol. The minimum Gasteiger partial charge on any atom is -0.351 e. The van der Waals surface area contributed by atoms with E-state index in [1.807, 2.05) is 20.8 Å². The fourth-order valence-electron chi connectivity index (χ4n) is 1.40. The molecule has 0 radical (unpaired) electrons. The quantitative estimate of drug-likeness (QED) is 0.800. The normalized spacial score (nSPS) is 10.6. The topological polar surface area (TPSA) is 55.1 Å². The average Bonchev–Trinajstić information content (AvgIpc) is 2.32. The average molecular weight is 262 g/mol. The predicted molar refractivity (Wildman–Crippen MR) is 74.1 cm³/mol. The van der Waals surface area contributed by atoms with Crippen LogP contribution < -0.4 is 11.1 Å². The highest BCUT2D eigenvalue weighted by molar-refractivity contribution is 5.96. The van der Waals surface area contributed by atoms with Gasteiger partial charge in [0.1, 0.15) is 5.82 Å². The summed E-state index contributed by atoms with van der Waals surface area (Å²) in [4.78, 5) is 12.1. The fraction of sp³-hybridized carbons (Fsp3) is 0.400. The zero-order valence-corrected chi connectivity index (χ0v) is 11.5. The van der Waals surface area contributed by atoms with Crippen LogP contribution in [0, 0.1) is 23.1 Å².